The number of hydrogen-bond acceptors (Lipinski definition) is 4. The highest BCUT2D eigenvalue weighted by Crippen LogP contribution is 2.18. The fourth-order valence-corrected chi connectivity index (χ4v) is 2.27. The fourth-order valence-electron chi connectivity index (χ4n) is 1.66. The molecule has 0 aliphatic rings. The van der Waals surface area contributed by atoms with Crippen molar-refractivity contribution in [3.05, 3.63) is 29.3 Å². The largest absolute Gasteiger partial charge is 0.387 e. The molecule has 6 heteroatoms. The van der Waals surface area contributed by atoms with Crippen molar-refractivity contribution in [3.8, 4) is 0 Å². The molecule has 0 atom stereocenters. The second kappa shape index (κ2) is 6.06. The maximum Gasteiger partial charge on any atom is 0.255 e. The van der Waals surface area contributed by atoms with E-state index in [1.165, 1.54) is 4.90 Å². The molecule has 1 aromatic carbocycles. The molecule has 0 aliphatic carbocycles. The Labute approximate surface area is 114 Å². The summed E-state index contributed by atoms with van der Waals surface area (Å²) < 4.78 is 22.2. The fraction of sp³-hybridized carbons (Fsp3) is 0.462. The first-order chi connectivity index (χ1) is 8.74. The van der Waals surface area contributed by atoms with Gasteiger partial charge in [-0.3, -0.25) is 4.79 Å². The van der Waals surface area contributed by atoms with Crippen LogP contribution in [0.2, 0.25) is 0 Å². The van der Waals surface area contributed by atoms with Crippen LogP contribution in [0.5, 0.6) is 0 Å². The highest BCUT2D eigenvalue weighted by Gasteiger charge is 2.16. The van der Waals surface area contributed by atoms with Crippen LogP contribution in [0.1, 0.15) is 15.9 Å². The smallest absolute Gasteiger partial charge is 0.255 e. The molecule has 1 N–H and O–H groups in total. The number of carbonyl (C=O) groups is 1. The van der Waals surface area contributed by atoms with Crippen LogP contribution in [-0.4, -0.2) is 51.9 Å². The molecule has 0 bridgehead atoms. The molecule has 0 heterocycles. The maximum atomic E-state index is 12.2. The molecule has 0 saturated carbocycles. The standard InChI is InChI=1S/C13H20N2O3S/c1-10-5-6-11(12(9-10)14-2)13(16)15(3)7-8-19(4,17)18/h5-6,9,14H,7-8H2,1-4H3. The van der Waals surface area contributed by atoms with Gasteiger partial charge in [0.25, 0.3) is 5.91 Å². The van der Waals surface area contributed by atoms with Crippen molar-refractivity contribution in [2.24, 2.45) is 0 Å². The third kappa shape index (κ3) is 4.55. The number of nitrogens with one attached hydrogen (secondary N) is 1. The second-order valence-corrected chi connectivity index (χ2v) is 6.92. The van der Waals surface area contributed by atoms with Crippen LogP contribution in [0.3, 0.4) is 0 Å². The Hall–Kier alpha value is -1.56. The van der Waals surface area contributed by atoms with Gasteiger partial charge in [-0.25, -0.2) is 8.42 Å². The summed E-state index contributed by atoms with van der Waals surface area (Å²) in [6.45, 7) is 2.14. The van der Waals surface area contributed by atoms with E-state index in [1.54, 1.807) is 20.2 Å². The van der Waals surface area contributed by atoms with E-state index < -0.39 is 9.84 Å². The summed E-state index contributed by atoms with van der Waals surface area (Å²) in [5, 5.41) is 2.98. The van der Waals surface area contributed by atoms with Gasteiger partial charge in [-0.2, -0.15) is 0 Å². The van der Waals surface area contributed by atoms with Gasteiger partial charge in [-0.05, 0) is 24.6 Å². The van der Waals surface area contributed by atoms with E-state index in [9.17, 15) is 13.2 Å². The minimum Gasteiger partial charge on any atom is -0.387 e. The number of nitrogens with zero attached hydrogens (tertiary/aromatic N) is 1. The molecule has 0 fully saturated rings. The van der Waals surface area contributed by atoms with Crippen LogP contribution in [0, 0.1) is 6.92 Å². The summed E-state index contributed by atoms with van der Waals surface area (Å²) in [5.41, 5.74) is 2.35. The summed E-state index contributed by atoms with van der Waals surface area (Å²) in [6.07, 6.45) is 1.16. The Morgan fingerprint density at radius 2 is 2.00 bits per heavy atom. The topological polar surface area (TPSA) is 66.5 Å². The number of rotatable bonds is 5. The predicted molar refractivity (Wildman–Crippen MR) is 77.4 cm³/mol. The molecular weight excluding hydrogens is 264 g/mol. The third-order valence-corrected chi connectivity index (χ3v) is 3.74. The van der Waals surface area contributed by atoms with E-state index >= 15 is 0 Å². The van der Waals surface area contributed by atoms with Gasteiger partial charge in [0.2, 0.25) is 0 Å². The quantitative estimate of drug-likeness (QED) is 0.881. The molecule has 0 aromatic heterocycles. The molecule has 1 aromatic rings. The zero-order chi connectivity index (χ0) is 14.6. The van der Waals surface area contributed by atoms with Gasteiger partial charge in [0, 0.05) is 32.6 Å². The van der Waals surface area contributed by atoms with Gasteiger partial charge in [0.15, 0.2) is 0 Å². The van der Waals surface area contributed by atoms with Crippen LogP contribution < -0.4 is 5.32 Å². The van der Waals surface area contributed by atoms with Crippen molar-refractivity contribution in [3.63, 3.8) is 0 Å². The molecular formula is C13H20N2O3S. The summed E-state index contributed by atoms with van der Waals surface area (Å²) in [5.74, 6) is -0.219. The van der Waals surface area contributed by atoms with Gasteiger partial charge < -0.3 is 10.2 Å². The number of benzene rings is 1. The Morgan fingerprint density at radius 3 is 2.53 bits per heavy atom. The lowest BCUT2D eigenvalue weighted by Crippen LogP contribution is -2.31. The van der Waals surface area contributed by atoms with Gasteiger partial charge in [0.1, 0.15) is 9.84 Å². The highest BCUT2D eigenvalue weighted by molar-refractivity contribution is 7.90. The van der Waals surface area contributed by atoms with Crippen LogP contribution in [-0.2, 0) is 9.84 Å². The predicted octanol–water partition coefficient (Wildman–Crippen LogP) is 1.15. The van der Waals surface area contributed by atoms with Crippen molar-refractivity contribution in [1.29, 1.82) is 0 Å². The molecule has 0 aliphatic heterocycles. The lowest BCUT2D eigenvalue weighted by molar-refractivity contribution is 0.0804. The van der Waals surface area contributed by atoms with Crippen LogP contribution in [0.4, 0.5) is 5.69 Å². The molecule has 106 valence electrons. The molecule has 5 nitrogen and oxygen atoms in total. The summed E-state index contributed by atoms with van der Waals surface area (Å²) >= 11 is 0. The zero-order valence-electron chi connectivity index (χ0n) is 11.7. The number of sulfone groups is 1. The minimum atomic E-state index is -3.07. The van der Waals surface area contributed by atoms with E-state index in [0.717, 1.165) is 17.5 Å². The number of anilines is 1. The number of carbonyl (C=O) groups excluding carboxylic acids is 1. The normalized spacial score (nSPS) is 11.2. The van der Waals surface area contributed by atoms with Crippen LogP contribution in [0.25, 0.3) is 0 Å². The SMILES string of the molecule is CNc1cc(C)ccc1C(=O)N(C)CCS(C)(=O)=O. The molecule has 19 heavy (non-hydrogen) atoms. The van der Waals surface area contributed by atoms with Crippen molar-refractivity contribution < 1.29 is 13.2 Å². The third-order valence-electron chi connectivity index (χ3n) is 2.82. The molecule has 0 unspecified atom stereocenters. The molecule has 0 saturated heterocycles. The Bertz CT molecular complexity index is 567. The van der Waals surface area contributed by atoms with Crippen molar-refractivity contribution in [1.82, 2.24) is 4.90 Å². The van der Waals surface area contributed by atoms with E-state index in [0.29, 0.717) is 5.56 Å². The monoisotopic (exact) mass is 284 g/mol. The van der Waals surface area contributed by atoms with Gasteiger partial charge in [0.05, 0.1) is 11.3 Å². The molecule has 1 amide bonds. The minimum absolute atomic E-state index is 0.0318. The lowest BCUT2D eigenvalue weighted by Gasteiger charge is -2.18. The van der Waals surface area contributed by atoms with Crippen LogP contribution in [0.15, 0.2) is 18.2 Å². The van der Waals surface area contributed by atoms with Gasteiger partial charge in [-0.1, -0.05) is 6.07 Å². The first kappa shape index (κ1) is 15.5. The number of aryl methyl sites for hydroxylation is 1. The Balaban J connectivity index is 2.88. The zero-order valence-corrected chi connectivity index (χ0v) is 12.5. The summed E-state index contributed by atoms with van der Waals surface area (Å²) in [6, 6.07) is 5.50. The Kier molecular flexibility index (Phi) is 4.94. The lowest BCUT2D eigenvalue weighted by atomic mass is 10.1. The van der Waals surface area contributed by atoms with E-state index in [-0.39, 0.29) is 18.2 Å². The average Bonchev–Trinajstić information content (AvgIpc) is 2.34. The Morgan fingerprint density at radius 1 is 1.37 bits per heavy atom. The first-order valence-corrected chi connectivity index (χ1v) is 8.02. The summed E-state index contributed by atoms with van der Waals surface area (Å²) in [7, 11) is 0.289. The number of hydrogen-bond donors (Lipinski definition) is 1. The molecule has 1 rings (SSSR count). The van der Waals surface area contributed by atoms with E-state index in [1.807, 2.05) is 19.1 Å². The van der Waals surface area contributed by atoms with E-state index in [2.05, 4.69) is 5.32 Å². The first-order valence-electron chi connectivity index (χ1n) is 5.96. The second-order valence-electron chi connectivity index (χ2n) is 4.66. The van der Waals surface area contributed by atoms with E-state index in [4.69, 9.17) is 0 Å². The molecule has 0 radical (unpaired) electrons. The van der Waals surface area contributed by atoms with Gasteiger partial charge in [-0.15, -0.1) is 0 Å². The van der Waals surface area contributed by atoms with Crippen molar-refractivity contribution in [2.75, 3.05) is 38.0 Å². The maximum absolute atomic E-state index is 12.2. The van der Waals surface area contributed by atoms with Gasteiger partial charge >= 0.3 is 0 Å². The average molecular weight is 284 g/mol. The van der Waals surface area contributed by atoms with Crippen molar-refractivity contribution >= 4 is 21.4 Å². The highest BCUT2D eigenvalue weighted by atomic mass is 32.2. The number of amides is 1. The molecule has 0 spiro atoms. The van der Waals surface area contributed by atoms with Crippen LogP contribution >= 0.6 is 0 Å². The van der Waals surface area contributed by atoms with Crippen molar-refractivity contribution in [2.45, 2.75) is 6.92 Å². The summed E-state index contributed by atoms with van der Waals surface area (Å²) in [4.78, 5) is 13.7.